The Morgan fingerprint density at radius 2 is 1.96 bits per heavy atom. The van der Waals surface area contributed by atoms with Gasteiger partial charge in [-0.3, -0.25) is 9.00 Å². The van der Waals surface area contributed by atoms with Crippen molar-refractivity contribution in [1.82, 2.24) is 10.5 Å². The minimum Gasteiger partial charge on any atom is -0.461 e. The zero-order chi connectivity index (χ0) is 16.1. The zero-order valence-electron chi connectivity index (χ0n) is 12.1. The number of furan rings is 1. The summed E-state index contributed by atoms with van der Waals surface area (Å²) in [5.41, 5.74) is 0.155. The van der Waals surface area contributed by atoms with E-state index in [1.807, 2.05) is 18.2 Å². The fourth-order valence-electron chi connectivity index (χ4n) is 1.96. The molecular formula is C16H14N2O4S. The molecule has 0 aliphatic heterocycles. The predicted molar refractivity (Wildman–Crippen MR) is 84.3 cm³/mol. The van der Waals surface area contributed by atoms with Gasteiger partial charge in [-0.1, -0.05) is 23.4 Å². The number of carbonyl (C=O) groups is 1. The molecule has 2 aromatic heterocycles. The summed E-state index contributed by atoms with van der Waals surface area (Å²) >= 11 is 0. The van der Waals surface area contributed by atoms with E-state index in [1.165, 1.54) is 12.3 Å². The van der Waals surface area contributed by atoms with Gasteiger partial charge in [0.1, 0.15) is 0 Å². The van der Waals surface area contributed by atoms with E-state index in [2.05, 4.69) is 10.5 Å². The summed E-state index contributed by atoms with van der Waals surface area (Å²) in [6.45, 7) is 0.281. The molecule has 3 rings (SSSR count). The Labute approximate surface area is 134 Å². The third-order valence-electron chi connectivity index (χ3n) is 3.09. The Hall–Kier alpha value is -2.67. The van der Waals surface area contributed by atoms with Gasteiger partial charge in [-0.2, -0.15) is 0 Å². The summed E-state index contributed by atoms with van der Waals surface area (Å²) in [6.07, 6.45) is 1.51. The third kappa shape index (κ3) is 3.75. The molecule has 0 aliphatic carbocycles. The third-order valence-corrected chi connectivity index (χ3v) is 4.46. The molecule has 3 aromatic rings. The highest BCUT2D eigenvalue weighted by molar-refractivity contribution is 7.85. The fraction of sp³-hybridized carbons (Fsp3) is 0.125. The monoisotopic (exact) mass is 330 g/mol. The molecule has 0 saturated heterocycles. The summed E-state index contributed by atoms with van der Waals surface area (Å²) in [4.78, 5) is 12.7. The minimum absolute atomic E-state index is 0.155. The molecule has 6 nitrogen and oxygen atoms in total. The molecule has 1 unspecified atom stereocenters. The number of rotatable bonds is 6. The Morgan fingerprint density at radius 3 is 2.70 bits per heavy atom. The molecule has 1 N–H and O–H groups in total. The summed E-state index contributed by atoms with van der Waals surface area (Å²) in [6, 6.07) is 14.1. The van der Waals surface area contributed by atoms with Gasteiger partial charge in [0.15, 0.2) is 11.5 Å². The average Bonchev–Trinajstić information content (AvgIpc) is 3.26. The maximum atomic E-state index is 12.0. The Balaban J connectivity index is 1.53. The highest BCUT2D eigenvalue weighted by Crippen LogP contribution is 2.20. The molecular weight excluding hydrogens is 316 g/mol. The topological polar surface area (TPSA) is 85.3 Å². The number of hydrogen-bond donors (Lipinski definition) is 1. The zero-order valence-corrected chi connectivity index (χ0v) is 12.9. The van der Waals surface area contributed by atoms with Crippen molar-refractivity contribution in [2.24, 2.45) is 0 Å². The van der Waals surface area contributed by atoms with Crippen LogP contribution in [0.2, 0.25) is 0 Å². The van der Waals surface area contributed by atoms with Crippen LogP contribution in [0.15, 0.2) is 68.6 Å². The number of aromatic nitrogens is 1. The molecule has 1 amide bonds. The van der Waals surface area contributed by atoms with Crippen LogP contribution in [0.4, 0.5) is 0 Å². The van der Waals surface area contributed by atoms with Crippen LogP contribution in [0.5, 0.6) is 0 Å². The van der Waals surface area contributed by atoms with Crippen molar-refractivity contribution in [2.45, 2.75) is 4.90 Å². The first-order valence-corrected chi connectivity index (χ1v) is 8.28. The first kappa shape index (κ1) is 15.2. The smallest absolute Gasteiger partial charge is 0.273 e. The molecule has 0 spiro atoms. The Morgan fingerprint density at radius 1 is 1.13 bits per heavy atom. The quantitative estimate of drug-likeness (QED) is 0.750. The highest BCUT2D eigenvalue weighted by atomic mass is 32.2. The van der Waals surface area contributed by atoms with E-state index in [9.17, 15) is 9.00 Å². The van der Waals surface area contributed by atoms with Crippen molar-refractivity contribution in [1.29, 1.82) is 0 Å². The second kappa shape index (κ2) is 7.06. The van der Waals surface area contributed by atoms with Crippen molar-refractivity contribution in [2.75, 3.05) is 12.3 Å². The van der Waals surface area contributed by atoms with Crippen LogP contribution < -0.4 is 5.32 Å². The molecule has 0 bridgehead atoms. The maximum Gasteiger partial charge on any atom is 0.273 e. The Kier molecular flexibility index (Phi) is 4.68. The van der Waals surface area contributed by atoms with Crippen LogP contribution in [-0.4, -0.2) is 27.6 Å². The fourth-order valence-corrected chi connectivity index (χ4v) is 2.94. The molecule has 2 heterocycles. The van der Waals surface area contributed by atoms with Crippen LogP contribution in [0, 0.1) is 0 Å². The first-order valence-electron chi connectivity index (χ1n) is 6.96. The van der Waals surface area contributed by atoms with Gasteiger partial charge in [0, 0.05) is 23.3 Å². The predicted octanol–water partition coefficient (Wildman–Crippen LogP) is 2.47. The number of carbonyl (C=O) groups excluding carboxylic acids is 1. The van der Waals surface area contributed by atoms with E-state index in [-0.39, 0.29) is 18.1 Å². The molecule has 1 atom stereocenters. The minimum atomic E-state index is -1.15. The SMILES string of the molecule is O=C(NCCS(=O)c1ccccc1)c1cc(-c2ccco2)on1. The molecule has 7 heteroatoms. The Bertz CT molecular complexity index is 797. The molecule has 0 aliphatic rings. The van der Waals surface area contributed by atoms with Gasteiger partial charge in [0.2, 0.25) is 5.76 Å². The van der Waals surface area contributed by atoms with Gasteiger partial charge >= 0.3 is 0 Å². The number of nitrogens with zero attached hydrogens (tertiary/aromatic N) is 1. The van der Waals surface area contributed by atoms with Gasteiger partial charge in [-0.05, 0) is 24.3 Å². The highest BCUT2D eigenvalue weighted by Gasteiger charge is 2.15. The van der Waals surface area contributed by atoms with Gasteiger partial charge in [0.25, 0.3) is 5.91 Å². The van der Waals surface area contributed by atoms with E-state index < -0.39 is 10.8 Å². The lowest BCUT2D eigenvalue weighted by atomic mass is 10.3. The van der Waals surface area contributed by atoms with E-state index in [4.69, 9.17) is 8.94 Å². The molecule has 118 valence electrons. The van der Waals surface area contributed by atoms with E-state index in [0.717, 1.165) is 4.90 Å². The van der Waals surface area contributed by atoms with Crippen molar-refractivity contribution in [3.8, 4) is 11.5 Å². The second-order valence-corrected chi connectivity index (χ2v) is 6.24. The normalized spacial score (nSPS) is 12.0. The lowest BCUT2D eigenvalue weighted by Crippen LogP contribution is -2.27. The lowest BCUT2D eigenvalue weighted by molar-refractivity contribution is 0.0947. The average molecular weight is 330 g/mol. The second-order valence-electron chi connectivity index (χ2n) is 4.67. The van der Waals surface area contributed by atoms with Gasteiger partial charge < -0.3 is 14.3 Å². The van der Waals surface area contributed by atoms with Crippen molar-refractivity contribution < 1.29 is 17.9 Å². The molecule has 23 heavy (non-hydrogen) atoms. The summed E-state index contributed by atoms with van der Waals surface area (Å²) in [5.74, 6) is 0.838. The first-order chi connectivity index (χ1) is 11.2. The van der Waals surface area contributed by atoms with E-state index in [0.29, 0.717) is 17.3 Å². The van der Waals surface area contributed by atoms with Crippen LogP contribution in [-0.2, 0) is 10.8 Å². The van der Waals surface area contributed by atoms with Gasteiger partial charge in [-0.25, -0.2) is 0 Å². The van der Waals surface area contributed by atoms with Crippen LogP contribution in [0.25, 0.3) is 11.5 Å². The van der Waals surface area contributed by atoms with Gasteiger partial charge in [0.05, 0.1) is 17.1 Å². The van der Waals surface area contributed by atoms with Crippen LogP contribution >= 0.6 is 0 Å². The van der Waals surface area contributed by atoms with Crippen molar-refractivity contribution in [3.63, 3.8) is 0 Å². The van der Waals surface area contributed by atoms with Crippen molar-refractivity contribution >= 4 is 16.7 Å². The molecule has 0 saturated carbocycles. The molecule has 0 radical (unpaired) electrons. The summed E-state index contributed by atoms with van der Waals surface area (Å²) in [7, 11) is -1.15. The van der Waals surface area contributed by atoms with E-state index >= 15 is 0 Å². The van der Waals surface area contributed by atoms with Crippen LogP contribution in [0.3, 0.4) is 0 Å². The van der Waals surface area contributed by atoms with Gasteiger partial charge in [-0.15, -0.1) is 0 Å². The van der Waals surface area contributed by atoms with Crippen LogP contribution in [0.1, 0.15) is 10.5 Å². The lowest BCUT2D eigenvalue weighted by Gasteiger charge is -2.03. The number of amides is 1. The maximum absolute atomic E-state index is 12.0. The van der Waals surface area contributed by atoms with E-state index in [1.54, 1.807) is 24.3 Å². The molecule has 1 aromatic carbocycles. The number of hydrogen-bond acceptors (Lipinski definition) is 5. The standard InChI is InChI=1S/C16H14N2O4S/c19-16(13-11-15(22-18-13)14-7-4-9-21-14)17-8-10-23(20)12-5-2-1-3-6-12/h1-7,9,11H,8,10H2,(H,17,19). The van der Waals surface area contributed by atoms with Crippen molar-refractivity contribution in [3.05, 3.63) is 60.5 Å². The number of nitrogens with one attached hydrogen (secondary N) is 1. The number of benzene rings is 1. The molecule has 0 fully saturated rings. The largest absolute Gasteiger partial charge is 0.461 e. The summed E-state index contributed by atoms with van der Waals surface area (Å²) < 4.78 is 22.3. The summed E-state index contributed by atoms with van der Waals surface area (Å²) in [5, 5.41) is 6.38.